The number of ether oxygens (including phenoxy) is 2. The highest BCUT2D eigenvalue weighted by Gasteiger charge is 2.17. The first-order chi connectivity index (χ1) is 12.0. The molecule has 0 aliphatic heterocycles. The second kappa shape index (κ2) is 12.8. The van der Waals surface area contributed by atoms with Gasteiger partial charge in [0, 0.05) is 31.1 Å². The molecule has 0 aromatic heterocycles. The molecule has 0 aromatic carbocycles. The predicted molar refractivity (Wildman–Crippen MR) is 106 cm³/mol. The Hall–Kier alpha value is -1.46. The summed E-state index contributed by atoms with van der Waals surface area (Å²) in [6.07, 6.45) is 1.33. The molecule has 0 aliphatic rings. The zero-order valence-corrected chi connectivity index (χ0v) is 17.4. The van der Waals surface area contributed by atoms with Gasteiger partial charge in [0.25, 0.3) is 0 Å². The van der Waals surface area contributed by atoms with E-state index < -0.39 is 0 Å². The van der Waals surface area contributed by atoms with Crippen molar-refractivity contribution in [2.45, 2.75) is 66.6 Å². The van der Waals surface area contributed by atoms with Crippen molar-refractivity contribution in [3.8, 4) is 0 Å². The minimum absolute atomic E-state index is 0.0616. The van der Waals surface area contributed by atoms with Gasteiger partial charge in [-0.05, 0) is 45.6 Å². The molecule has 0 saturated carbocycles. The summed E-state index contributed by atoms with van der Waals surface area (Å²) in [5.41, 5.74) is 1.11. The Kier molecular flexibility index (Phi) is 12.1. The molecular formula is C21H37NO4. The standard InChI is InChI=1S/C21H37NO4/c1-14(2)20(23)10-9-16(5)12-26-19(8)17(6)13-25-18(7)11-22-21(24)15(3)4/h16-19H,1,3,9-13H2,2,4-8H3,(H,22,24). The lowest BCUT2D eigenvalue weighted by molar-refractivity contribution is -0.118. The molecule has 5 heteroatoms. The third kappa shape index (κ3) is 11.2. The molecule has 0 radical (unpaired) electrons. The van der Waals surface area contributed by atoms with Crippen molar-refractivity contribution in [2.24, 2.45) is 11.8 Å². The SMILES string of the molecule is C=C(C)C(=O)CCC(C)COC(C)C(C)COC(C)CNC(=O)C(=C)C. The molecule has 0 rings (SSSR count). The van der Waals surface area contributed by atoms with Gasteiger partial charge in [-0.3, -0.25) is 9.59 Å². The molecule has 1 N–H and O–H groups in total. The second-order valence-electron chi connectivity index (χ2n) is 7.50. The summed E-state index contributed by atoms with van der Waals surface area (Å²) in [5.74, 6) is 0.535. The monoisotopic (exact) mass is 367 g/mol. The van der Waals surface area contributed by atoms with Crippen LogP contribution in [0.15, 0.2) is 24.3 Å². The summed E-state index contributed by atoms with van der Waals surface area (Å²) in [5, 5.41) is 2.78. The summed E-state index contributed by atoms with van der Waals surface area (Å²) in [6.45, 7) is 20.5. The van der Waals surface area contributed by atoms with Gasteiger partial charge < -0.3 is 14.8 Å². The molecule has 0 spiro atoms. The molecule has 0 aromatic rings. The Balaban J connectivity index is 3.99. The zero-order chi connectivity index (χ0) is 20.3. The Bertz CT molecular complexity index is 442. The maximum atomic E-state index is 11.6. The van der Waals surface area contributed by atoms with E-state index in [1.165, 1.54) is 0 Å². The molecule has 0 bridgehead atoms. The van der Waals surface area contributed by atoms with Crippen LogP contribution >= 0.6 is 0 Å². The minimum atomic E-state index is -0.149. The number of Topliss-reactive ketones (excluding diaryl/α,β-unsaturated/α-hetero) is 1. The molecule has 0 heterocycles. The largest absolute Gasteiger partial charge is 0.378 e. The normalized spacial score (nSPS) is 15.6. The summed E-state index contributed by atoms with van der Waals surface area (Å²) in [4.78, 5) is 23.1. The van der Waals surface area contributed by atoms with Gasteiger partial charge in [-0.1, -0.05) is 27.0 Å². The van der Waals surface area contributed by atoms with Gasteiger partial charge in [-0.2, -0.15) is 0 Å². The molecule has 4 atom stereocenters. The van der Waals surface area contributed by atoms with Crippen molar-refractivity contribution in [1.82, 2.24) is 5.32 Å². The zero-order valence-electron chi connectivity index (χ0n) is 17.4. The number of carbonyl (C=O) groups excluding carboxylic acids is 2. The van der Waals surface area contributed by atoms with E-state index in [9.17, 15) is 9.59 Å². The fraction of sp³-hybridized carbons (Fsp3) is 0.714. The van der Waals surface area contributed by atoms with Crippen LogP contribution in [0.5, 0.6) is 0 Å². The molecule has 4 unspecified atom stereocenters. The van der Waals surface area contributed by atoms with Crippen LogP contribution in [0.3, 0.4) is 0 Å². The molecule has 0 aliphatic carbocycles. The smallest absolute Gasteiger partial charge is 0.246 e. The van der Waals surface area contributed by atoms with Crippen LogP contribution in [0.2, 0.25) is 0 Å². The fourth-order valence-corrected chi connectivity index (χ4v) is 2.05. The highest BCUT2D eigenvalue weighted by atomic mass is 16.5. The maximum absolute atomic E-state index is 11.6. The number of allylic oxidation sites excluding steroid dienone is 1. The van der Waals surface area contributed by atoms with Crippen LogP contribution in [0.25, 0.3) is 0 Å². The lowest BCUT2D eigenvalue weighted by atomic mass is 10.0. The summed E-state index contributed by atoms with van der Waals surface area (Å²) in [7, 11) is 0. The van der Waals surface area contributed by atoms with Gasteiger partial charge in [0.1, 0.15) is 0 Å². The number of ketones is 1. The van der Waals surface area contributed by atoms with E-state index in [4.69, 9.17) is 9.47 Å². The Morgan fingerprint density at radius 3 is 2.12 bits per heavy atom. The molecule has 5 nitrogen and oxygen atoms in total. The van der Waals surface area contributed by atoms with Crippen LogP contribution in [0.1, 0.15) is 54.4 Å². The summed E-state index contributed by atoms with van der Waals surface area (Å²) in [6, 6.07) is 0. The highest BCUT2D eigenvalue weighted by molar-refractivity contribution is 5.94. The predicted octanol–water partition coefficient (Wildman–Crippen LogP) is 3.69. The van der Waals surface area contributed by atoms with E-state index in [1.54, 1.807) is 13.8 Å². The third-order valence-corrected chi connectivity index (χ3v) is 4.37. The van der Waals surface area contributed by atoms with E-state index in [2.05, 4.69) is 32.3 Å². The quantitative estimate of drug-likeness (QED) is 0.476. The molecular weight excluding hydrogens is 330 g/mol. The molecule has 0 fully saturated rings. The van der Waals surface area contributed by atoms with E-state index in [0.29, 0.717) is 43.2 Å². The van der Waals surface area contributed by atoms with Gasteiger partial charge in [-0.15, -0.1) is 0 Å². The van der Waals surface area contributed by atoms with Gasteiger partial charge in [-0.25, -0.2) is 0 Å². The minimum Gasteiger partial charge on any atom is -0.378 e. The van der Waals surface area contributed by atoms with Gasteiger partial charge in [0.15, 0.2) is 5.78 Å². The molecule has 150 valence electrons. The Labute approximate surface area is 159 Å². The third-order valence-electron chi connectivity index (χ3n) is 4.37. The van der Waals surface area contributed by atoms with Crippen molar-refractivity contribution >= 4 is 11.7 Å². The number of hydrogen-bond acceptors (Lipinski definition) is 4. The van der Waals surface area contributed by atoms with Crippen molar-refractivity contribution in [1.29, 1.82) is 0 Å². The fourth-order valence-electron chi connectivity index (χ4n) is 2.05. The number of carbonyl (C=O) groups is 2. The number of nitrogens with one attached hydrogen (secondary N) is 1. The average Bonchev–Trinajstić information content (AvgIpc) is 2.59. The van der Waals surface area contributed by atoms with Crippen LogP contribution in [0, 0.1) is 11.8 Å². The Morgan fingerprint density at radius 1 is 0.962 bits per heavy atom. The van der Waals surface area contributed by atoms with E-state index in [-0.39, 0.29) is 29.8 Å². The van der Waals surface area contributed by atoms with E-state index >= 15 is 0 Å². The lowest BCUT2D eigenvalue weighted by Gasteiger charge is -2.24. The molecule has 0 saturated heterocycles. The summed E-state index contributed by atoms with van der Waals surface area (Å²) >= 11 is 0. The molecule has 1 amide bonds. The van der Waals surface area contributed by atoms with Crippen LogP contribution in [-0.4, -0.2) is 43.7 Å². The van der Waals surface area contributed by atoms with Crippen LogP contribution in [-0.2, 0) is 19.1 Å². The van der Waals surface area contributed by atoms with Crippen molar-refractivity contribution in [3.63, 3.8) is 0 Å². The van der Waals surface area contributed by atoms with Gasteiger partial charge in [0.05, 0.1) is 18.8 Å². The maximum Gasteiger partial charge on any atom is 0.246 e. The lowest BCUT2D eigenvalue weighted by Crippen LogP contribution is -2.34. The van der Waals surface area contributed by atoms with E-state index in [0.717, 1.165) is 6.42 Å². The topological polar surface area (TPSA) is 64.6 Å². The number of hydrogen-bond donors (Lipinski definition) is 1. The van der Waals surface area contributed by atoms with Crippen molar-refractivity contribution < 1.29 is 19.1 Å². The number of amides is 1. The molecule has 26 heavy (non-hydrogen) atoms. The van der Waals surface area contributed by atoms with E-state index in [1.807, 2.05) is 13.8 Å². The number of rotatable bonds is 14. The van der Waals surface area contributed by atoms with Gasteiger partial charge in [0.2, 0.25) is 5.91 Å². The van der Waals surface area contributed by atoms with Gasteiger partial charge >= 0.3 is 0 Å². The first-order valence-corrected chi connectivity index (χ1v) is 9.40. The summed E-state index contributed by atoms with van der Waals surface area (Å²) < 4.78 is 11.7. The first-order valence-electron chi connectivity index (χ1n) is 9.40. The second-order valence-corrected chi connectivity index (χ2v) is 7.50. The van der Waals surface area contributed by atoms with Crippen LogP contribution in [0.4, 0.5) is 0 Å². The Morgan fingerprint density at radius 2 is 1.58 bits per heavy atom. The van der Waals surface area contributed by atoms with Crippen molar-refractivity contribution in [3.05, 3.63) is 24.3 Å². The van der Waals surface area contributed by atoms with Crippen molar-refractivity contribution in [2.75, 3.05) is 19.8 Å². The average molecular weight is 368 g/mol. The first kappa shape index (κ1) is 24.5. The van der Waals surface area contributed by atoms with Crippen LogP contribution < -0.4 is 5.32 Å². The highest BCUT2D eigenvalue weighted by Crippen LogP contribution is 2.14.